The number of carbonyl (C=O) groups excluding carboxylic acids is 2. The highest BCUT2D eigenvalue weighted by Gasteiger charge is 2.23. The van der Waals surface area contributed by atoms with Crippen molar-refractivity contribution >= 4 is 23.7 Å². The maximum Gasteiger partial charge on any atom is 0.355 e. The van der Waals surface area contributed by atoms with Gasteiger partial charge in [-0.1, -0.05) is 12.1 Å². The Morgan fingerprint density at radius 1 is 1.16 bits per heavy atom. The van der Waals surface area contributed by atoms with Crippen molar-refractivity contribution in [1.29, 1.82) is 0 Å². The predicted molar refractivity (Wildman–Crippen MR) is 93.6 cm³/mol. The summed E-state index contributed by atoms with van der Waals surface area (Å²) in [4.78, 5) is 27.5. The molecule has 0 unspecified atom stereocenters. The lowest BCUT2D eigenvalue weighted by molar-refractivity contribution is 0.0518. The first kappa shape index (κ1) is 19.1. The lowest BCUT2D eigenvalue weighted by Gasteiger charge is -2.06. The lowest BCUT2D eigenvalue weighted by atomic mass is 10.1. The van der Waals surface area contributed by atoms with Crippen molar-refractivity contribution in [3.05, 3.63) is 52.6 Å². The molecular weight excluding hydrogens is 345 g/mol. The van der Waals surface area contributed by atoms with Gasteiger partial charge in [0.2, 0.25) is 0 Å². The molecule has 0 saturated heterocycles. The van der Waals surface area contributed by atoms with E-state index in [1.807, 2.05) is 0 Å². The number of halogens is 1. The highest BCUT2D eigenvalue weighted by molar-refractivity contribution is 7.99. The second-order valence-electron chi connectivity index (χ2n) is 5.26. The van der Waals surface area contributed by atoms with E-state index in [0.717, 1.165) is 0 Å². The van der Waals surface area contributed by atoms with Crippen molar-refractivity contribution in [3.63, 3.8) is 0 Å². The van der Waals surface area contributed by atoms with Gasteiger partial charge < -0.3 is 14.5 Å². The lowest BCUT2D eigenvalue weighted by Crippen LogP contribution is -2.11. The molecule has 0 aliphatic rings. The maximum absolute atomic E-state index is 13.5. The molecule has 0 atom stereocenters. The van der Waals surface area contributed by atoms with Crippen molar-refractivity contribution < 1.29 is 23.5 Å². The average molecular weight is 365 g/mol. The molecule has 1 aromatic heterocycles. The fraction of sp³-hybridized carbons (Fsp3) is 0.333. The highest BCUT2D eigenvalue weighted by Crippen LogP contribution is 2.22. The molecule has 0 radical (unpaired) electrons. The van der Waals surface area contributed by atoms with Gasteiger partial charge in [0, 0.05) is 16.3 Å². The Hall–Kier alpha value is -2.28. The largest absolute Gasteiger partial charge is 0.461 e. The van der Waals surface area contributed by atoms with Crippen LogP contribution in [0.1, 0.15) is 39.0 Å². The smallest absolute Gasteiger partial charge is 0.355 e. The molecule has 1 aromatic carbocycles. The first-order valence-electron chi connectivity index (χ1n) is 7.86. The number of H-pyrrole nitrogens is 1. The fourth-order valence-corrected chi connectivity index (χ4v) is 3.15. The molecule has 0 fully saturated rings. The third kappa shape index (κ3) is 4.63. The van der Waals surface area contributed by atoms with E-state index in [4.69, 9.17) is 9.47 Å². The second kappa shape index (κ2) is 8.71. The van der Waals surface area contributed by atoms with Gasteiger partial charge in [-0.15, -0.1) is 11.8 Å². The topological polar surface area (TPSA) is 68.4 Å². The molecular formula is C18H20FNO4S. The number of hydrogen-bond donors (Lipinski definition) is 1. The number of rotatable bonds is 7. The van der Waals surface area contributed by atoms with Crippen LogP contribution >= 0.6 is 11.8 Å². The molecule has 0 amide bonds. The molecule has 0 spiro atoms. The van der Waals surface area contributed by atoms with Gasteiger partial charge in [-0.25, -0.2) is 14.0 Å². The Morgan fingerprint density at radius 2 is 1.88 bits per heavy atom. The predicted octanol–water partition coefficient (Wildman–Crippen LogP) is 3.90. The van der Waals surface area contributed by atoms with Crippen LogP contribution in [-0.4, -0.2) is 35.9 Å². The molecule has 0 aliphatic carbocycles. The van der Waals surface area contributed by atoms with E-state index in [1.54, 1.807) is 39.0 Å². The SMILES string of the molecule is CCOC(=O)c1[nH]c(C)c(C(=O)OCCSc2ccccc2F)c1C. The second-order valence-corrected chi connectivity index (χ2v) is 6.40. The van der Waals surface area contributed by atoms with Crippen molar-refractivity contribution in [2.75, 3.05) is 19.0 Å². The summed E-state index contributed by atoms with van der Waals surface area (Å²) >= 11 is 1.28. The minimum Gasteiger partial charge on any atom is -0.461 e. The number of ether oxygens (including phenoxy) is 2. The molecule has 1 heterocycles. The summed E-state index contributed by atoms with van der Waals surface area (Å²) in [7, 11) is 0. The first-order chi connectivity index (χ1) is 12.0. The maximum atomic E-state index is 13.5. The summed E-state index contributed by atoms with van der Waals surface area (Å²) in [5.41, 5.74) is 1.64. The van der Waals surface area contributed by atoms with Gasteiger partial charge in [0.1, 0.15) is 18.1 Å². The van der Waals surface area contributed by atoms with Crippen molar-refractivity contribution in [1.82, 2.24) is 4.98 Å². The molecule has 0 bridgehead atoms. The van der Waals surface area contributed by atoms with Crippen molar-refractivity contribution in [2.24, 2.45) is 0 Å². The van der Waals surface area contributed by atoms with Crippen LogP contribution in [0.5, 0.6) is 0 Å². The molecule has 134 valence electrons. The molecule has 7 heteroatoms. The molecule has 0 aliphatic heterocycles. The first-order valence-corrected chi connectivity index (χ1v) is 8.85. The van der Waals surface area contributed by atoms with E-state index >= 15 is 0 Å². The Kier molecular flexibility index (Phi) is 6.64. The van der Waals surface area contributed by atoms with Gasteiger partial charge in [0.25, 0.3) is 0 Å². The van der Waals surface area contributed by atoms with Crippen LogP contribution in [0.2, 0.25) is 0 Å². The monoisotopic (exact) mass is 365 g/mol. The third-order valence-electron chi connectivity index (χ3n) is 3.53. The minimum atomic E-state index is -0.518. The zero-order valence-corrected chi connectivity index (χ0v) is 15.2. The normalized spacial score (nSPS) is 10.6. The molecule has 2 rings (SSSR count). The van der Waals surface area contributed by atoms with Crippen LogP contribution in [0, 0.1) is 19.7 Å². The van der Waals surface area contributed by atoms with E-state index in [2.05, 4.69) is 4.98 Å². The molecule has 1 N–H and O–H groups in total. The number of aryl methyl sites for hydroxylation is 1. The number of aromatic nitrogens is 1. The standard InChI is InChI=1S/C18H20FNO4S/c1-4-23-18(22)16-11(2)15(12(3)20-16)17(21)24-9-10-25-14-8-6-5-7-13(14)19/h5-8,20H,4,9-10H2,1-3H3. The van der Waals surface area contributed by atoms with E-state index in [0.29, 0.717) is 27.5 Å². The minimum absolute atomic E-state index is 0.136. The van der Waals surface area contributed by atoms with Crippen molar-refractivity contribution in [3.8, 4) is 0 Å². The Bertz CT molecular complexity index is 772. The molecule has 25 heavy (non-hydrogen) atoms. The van der Waals surface area contributed by atoms with E-state index < -0.39 is 11.9 Å². The molecule has 5 nitrogen and oxygen atoms in total. The van der Waals surface area contributed by atoms with Gasteiger partial charge >= 0.3 is 11.9 Å². The van der Waals surface area contributed by atoms with E-state index in [9.17, 15) is 14.0 Å². The number of hydrogen-bond acceptors (Lipinski definition) is 5. The fourth-order valence-electron chi connectivity index (χ4n) is 2.38. The van der Waals surface area contributed by atoms with Crippen LogP contribution in [0.4, 0.5) is 4.39 Å². The Morgan fingerprint density at radius 3 is 2.56 bits per heavy atom. The van der Waals surface area contributed by atoms with Crippen molar-refractivity contribution in [2.45, 2.75) is 25.7 Å². The Balaban J connectivity index is 1.95. The van der Waals surface area contributed by atoms with Crippen LogP contribution in [0.25, 0.3) is 0 Å². The van der Waals surface area contributed by atoms with Gasteiger partial charge in [0.15, 0.2) is 0 Å². The van der Waals surface area contributed by atoms with Gasteiger partial charge in [-0.05, 0) is 38.5 Å². The van der Waals surface area contributed by atoms with E-state index in [1.165, 1.54) is 17.8 Å². The van der Waals surface area contributed by atoms with E-state index in [-0.39, 0.29) is 24.7 Å². The number of carbonyl (C=O) groups is 2. The summed E-state index contributed by atoms with van der Waals surface area (Å²) in [6, 6.07) is 6.44. The number of thioether (sulfide) groups is 1. The van der Waals surface area contributed by atoms with Gasteiger partial charge in [0.05, 0.1) is 12.2 Å². The average Bonchev–Trinajstić information content (AvgIpc) is 2.88. The van der Waals surface area contributed by atoms with Gasteiger partial charge in [-0.2, -0.15) is 0 Å². The Labute approximate surface area is 149 Å². The quantitative estimate of drug-likeness (QED) is 0.458. The molecule has 2 aromatic rings. The van der Waals surface area contributed by atoms with Gasteiger partial charge in [-0.3, -0.25) is 0 Å². The summed E-state index contributed by atoms with van der Waals surface area (Å²) in [5.74, 6) is -0.886. The number of aromatic amines is 1. The van der Waals surface area contributed by atoms with Crippen LogP contribution in [0.3, 0.4) is 0 Å². The summed E-state index contributed by atoms with van der Waals surface area (Å²) in [6.07, 6.45) is 0. The number of esters is 2. The van der Waals surface area contributed by atoms with Crippen LogP contribution < -0.4 is 0 Å². The summed E-state index contributed by atoms with van der Waals surface area (Å²) in [5, 5.41) is 0. The number of nitrogens with one attached hydrogen (secondary N) is 1. The molecule has 0 saturated carbocycles. The third-order valence-corrected chi connectivity index (χ3v) is 4.54. The number of benzene rings is 1. The summed E-state index contributed by atoms with van der Waals surface area (Å²) < 4.78 is 23.7. The zero-order chi connectivity index (χ0) is 18.4. The van der Waals surface area contributed by atoms with Crippen LogP contribution in [-0.2, 0) is 9.47 Å². The zero-order valence-electron chi connectivity index (χ0n) is 14.3. The summed E-state index contributed by atoms with van der Waals surface area (Å²) in [6.45, 7) is 5.46. The highest BCUT2D eigenvalue weighted by atomic mass is 32.2. The van der Waals surface area contributed by atoms with Crippen LogP contribution in [0.15, 0.2) is 29.2 Å².